The maximum Gasteiger partial charge on any atom is 0.253 e. The number of likely N-dealkylation sites (tertiary alicyclic amines) is 1. The standard InChI is InChI=1S/C26H31N3O5/c1-15-8-5-9-16(2)21(15)28-13-7-11-26-20(19-18(34-26)10-6-12-27(4)23(19)31)24(32)29(17(3)14-30)22(26)25(28)33/h5-11,17-20,22,30H,12-14H2,1-4H3/t17-,18-,19+,20+,22?,26+/m1/s1. The van der Waals surface area contributed by atoms with E-state index in [0.29, 0.717) is 13.1 Å². The van der Waals surface area contributed by atoms with Crippen molar-refractivity contribution in [3.63, 3.8) is 0 Å². The Morgan fingerprint density at radius 2 is 1.79 bits per heavy atom. The largest absolute Gasteiger partial charge is 0.394 e. The van der Waals surface area contributed by atoms with Gasteiger partial charge in [0.2, 0.25) is 11.8 Å². The molecule has 4 heterocycles. The molecule has 1 unspecified atom stereocenters. The fourth-order valence-electron chi connectivity index (χ4n) is 6.20. The van der Waals surface area contributed by atoms with Gasteiger partial charge in [0.25, 0.3) is 5.91 Å². The van der Waals surface area contributed by atoms with Crippen LogP contribution in [0.4, 0.5) is 5.69 Å². The summed E-state index contributed by atoms with van der Waals surface area (Å²) in [5, 5.41) is 10.00. The molecule has 1 aromatic carbocycles. The average molecular weight is 466 g/mol. The quantitative estimate of drug-likeness (QED) is 0.678. The number of anilines is 1. The van der Waals surface area contributed by atoms with Gasteiger partial charge < -0.3 is 24.5 Å². The number of rotatable bonds is 3. The Hall–Kier alpha value is -2.97. The average Bonchev–Trinajstić information content (AvgIpc) is 3.14. The number of amides is 3. The van der Waals surface area contributed by atoms with Gasteiger partial charge in [0.15, 0.2) is 0 Å². The number of ether oxygens (including phenoxy) is 1. The van der Waals surface area contributed by atoms with Crippen LogP contribution >= 0.6 is 0 Å². The monoisotopic (exact) mass is 465 g/mol. The number of benzene rings is 1. The van der Waals surface area contributed by atoms with Crippen LogP contribution in [0.1, 0.15) is 18.1 Å². The van der Waals surface area contributed by atoms with Crippen molar-refractivity contribution in [1.29, 1.82) is 0 Å². The van der Waals surface area contributed by atoms with Crippen LogP contribution in [-0.2, 0) is 19.1 Å². The number of hydrogen-bond donors (Lipinski definition) is 1. The number of aliphatic hydroxyl groups excluding tert-OH is 1. The summed E-state index contributed by atoms with van der Waals surface area (Å²) < 4.78 is 6.56. The summed E-state index contributed by atoms with van der Waals surface area (Å²) in [6, 6.07) is 4.28. The Labute approximate surface area is 199 Å². The molecule has 1 N–H and O–H groups in total. The molecule has 0 aromatic heterocycles. The zero-order valence-electron chi connectivity index (χ0n) is 20.0. The van der Waals surface area contributed by atoms with E-state index in [1.807, 2.05) is 56.4 Å². The molecule has 2 saturated heterocycles. The molecule has 4 aliphatic rings. The first kappa shape index (κ1) is 22.8. The van der Waals surface area contributed by atoms with Gasteiger partial charge in [-0.1, -0.05) is 42.5 Å². The second-order valence-corrected chi connectivity index (χ2v) is 9.86. The van der Waals surface area contributed by atoms with Crippen molar-refractivity contribution in [2.75, 3.05) is 31.6 Å². The predicted molar refractivity (Wildman–Crippen MR) is 126 cm³/mol. The number of carbonyl (C=O) groups is 3. The minimum atomic E-state index is -1.28. The van der Waals surface area contributed by atoms with Crippen molar-refractivity contribution in [2.24, 2.45) is 11.8 Å². The molecule has 1 aromatic rings. The lowest BCUT2D eigenvalue weighted by molar-refractivity contribution is -0.146. The van der Waals surface area contributed by atoms with Crippen molar-refractivity contribution in [2.45, 2.75) is 44.6 Å². The zero-order valence-corrected chi connectivity index (χ0v) is 20.0. The summed E-state index contributed by atoms with van der Waals surface area (Å²) in [4.78, 5) is 46.3. The van der Waals surface area contributed by atoms with Crippen molar-refractivity contribution in [1.82, 2.24) is 9.80 Å². The van der Waals surface area contributed by atoms with Gasteiger partial charge in [-0.2, -0.15) is 0 Å². The van der Waals surface area contributed by atoms with E-state index in [1.54, 1.807) is 23.8 Å². The van der Waals surface area contributed by atoms with E-state index in [2.05, 4.69) is 0 Å². The summed E-state index contributed by atoms with van der Waals surface area (Å²) in [5.74, 6) is -2.32. The lowest BCUT2D eigenvalue weighted by Gasteiger charge is -2.38. The van der Waals surface area contributed by atoms with E-state index in [9.17, 15) is 19.5 Å². The van der Waals surface area contributed by atoms with E-state index in [0.717, 1.165) is 16.8 Å². The Kier molecular flexibility index (Phi) is 5.41. The highest BCUT2D eigenvalue weighted by molar-refractivity contribution is 6.06. The van der Waals surface area contributed by atoms with Crippen molar-refractivity contribution < 1.29 is 24.2 Å². The minimum Gasteiger partial charge on any atom is -0.394 e. The number of fused-ring (bicyclic) bond motifs is 2. The van der Waals surface area contributed by atoms with Crippen LogP contribution in [0.25, 0.3) is 0 Å². The van der Waals surface area contributed by atoms with Gasteiger partial charge in [0.1, 0.15) is 11.6 Å². The number of aryl methyl sites for hydroxylation is 2. The molecule has 4 aliphatic heterocycles. The summed E-state index contributed by atoms with van der Waals surface area (Å²) >= 11 is 0. The van der Waals surface area contributed by atoms with E-state index in [4.69, 9.17) is 4.74 Å². The first-order chi connectivity index (χ1) is 16.2. The summed E-state index contributed by atoms with van der Waals surface area (Å²) in [6.45, 7) is 6.11. The van der Waals surface area contributed by atoms with Gasteiger partial charge >= 0.3 is 0 Å². The first-order valence-electron chi connectivity index (χ1n) is 11.8. The van der Waals surface area contributed by atoms with Crippen LogP contribution < -0.4 is 4.90 Å². The van der Waals surface area contributed by atoms with Gasteiger partial charge in [-0.05, 0) is 31.9 Å². The third kappa shape index (κ3) is 3.01. The molecule has 0 saturated carbocycles. The molecule has 2 fully saturated rings. The molecular weight excluding hydrogens is 434 g/mol. The Balaban J connectivity index is 1.67. The Bertz CT molecular complexity index is 1090. The number of carbonyl (C=O) groups excluding carboxylic acids is 3. The van der Waals surface area contributed by atoms with Crippen molar-refractivity contribution in [3.8, 4) is 0 Å². The molecule has 180 valence electrons. The highest BCUT2D eigenvalue weighted by Gasteiger charge is 2.72. The molecular formula is C26H31N3O5. The Morgan fingerprint density at radius 1 is 1.09 bits per heavy atom. The molecule has 1 spiro atoms. The number of nitrogens with zero attached hydrogens (tertiary/aromatic N) is 3. The van der Waals surface area contributed by atoms with Gasteiger partial charge in [0.05, 0.1) is 30.6 Å². The van der Waals surface area contributed by atoms with Gasteiger partial charge in [-0.3, -0.25) is 14.4 Å². The fourth-order valence-corrected chi connectivity index (χ4v) is 6.20. The van der Waals surface area contributed by atoms with Gasteiger partial charge in [0, 0.05) is 25.8 Å². The van der Waals surface area contributed by atoms with E-state index in [1.165, 1.54) is 4.90 Å². The molecule has 0 aliphatic carbocycles. The van der Waals surface area contributed by atoms with Crippen LogP contribution in [0, 0.1) is 25.7 Å². The Morgan fingerprint density at radius 3 is 2.47 bits per heavy atom. The minimum absolute atomic E-state index is 0.167. The normalized spacial score (nSPS) is 33.6. The lowest BCUT2D eigenvalue weighted by Crippen LogP contribution is -2.58. The number of aliphatic hydroxyl groups is 1. The summed E-state index contributed by atoms with van der Waals surface area (Å²) in [6.07, 6.45) is 6.82. The second kappa shape index (κ2) is 8.06. The summed E-state index contributed by atoms with van der Waals surface area (Å²) in [7, 11) is 1.71. The van der Waals surface area contributed by atoms with Gasteiger partial charge in [-0.25, -0.2) is 0 Å². The molecule has 8 nitrogen and oxygen atoms in total. The lowest BCUT2D eigenvalue weighted by atomic mass is 9.77. The van der Waals surface area contributed by atoms with Crippen molar-refractivity contribution in [3.05, 3.63) is 53.6 Å². The van der Waals surface area contributed by atoms with E-state index < -0.39 is 35.6 Å². The third-order valence-corrected chi connectivity index (χ3v) is 7.75. The van der Waals surface area contributed by atoms with Crippen LogP contribution in [0.3, 0.4) is 0 Å². The molecule has 5 rings (SSSR count). The molecule has 6 atom stereocenters. The van der Waals surface area contributed by atoms with Gasteiger partial charge in [-0.15, -0.1) is 0 Å². The second-order valence-electron chi connectivity index (χ2n) is 9.86. The molecule has 3 amide bonds. The summed E-state index contributed by atoms with van der Waals surface area (Å²) in [5.41, 5.74) is 1.44. The molecule has 34 heavy (non-hydrogen) atoms. The van der Waals surface area contributed by atoms with E-state index in [-0.39, 0.29) is 24.3 Å². The van der Waals surface area contributed by atoms with Crippen molar-refractivity contribution >= 4 is 23.4 Å². The number of hydrogen-bond acceptors (Lipinski definition) is 5. The predicted octanol–water partition coefficient (Wildman–Crippen LogP) is 1.20. The fraction of sp³-hybridized carbons (Fsp3) is 0.500. The van der Waals surface area contributed by atoms with Crippen LogP contribution in [0.5, 0.6) is 0 Å². The number of para-hydroxylation sites is 1. The number of likely N-dealkylation sites (N-methyl/N-ethyl adjacent to an activating group) is 1. The van der Waals surface area contributed by atoms with Crippen LogP contribution in [0.15, 0.2) is 42.5 Å². The van der Waals surface area contributed by atoms with Crippen LogP contribution in [0.2, 0.25) is 0 Å². The topological polar surface area (TPSA) is 90.4 Å². The zero-order chi connectivity index (χ0) is 24.4. The molecule has 0 bridgehead atoms. The smallest absolute Gasteiger partial charge is 0.253 e. The van der Waals surface area contributed by atoms with E-state index >= 15 is 0 Å². The maximum absolute atomic E-state index is 14.3. The SMILES string of the molecule is Cc1cccc(C)c1N1CC=C[C@]23O[C@@H]4C=CCN(C)C(=O)[C@@H]4[C@H]2C(=O)N([C@H](C)CO)C3C1=O. The third-order valence-electron chi connectivity index (χ3n) is 7.75. The molecule has 0 radical (unpaired) electrons. The highest BCUT2D eigenvalue weighted by Crippen LogP contribution is 2.54. The molecule has 8 heteroatoms. The maximum atomic E-state index is 14.3. The highest BCUT2D eigenvalue weighted by atomic mass is 16.5. The first-order valence-corrected chi connectivity index (χ1v) is 11.8. The van der Waals surface area contributed by atoms with Crippen LogP contribution in [-0.4, -0.2) is 83.2 Å².